The highest BCUT2D eigenvalue weighted by atomic mass is 35.5. The van der Waals surface area contributed by atoms with Gasteiger partial charge in [-0.3, -0.25) is 0 Å². The molecule has 0 saturated heterocycles. The molecular weight excluding hydrogens is 236 g/mol. The Morgan fingerprint density at radius 1 is 1.18 bits per heavy atom. The first-order valence-corrected chi connectivity index (χ1v) is 7.18. The first-order chi connectivity index (χ1) is 7.73. The third-order valence-corrected chi connectivity index (χ3v) is 4.10. The molecule has 0 spiro atoms. The van der Waals surface area contributed by atoms with Gasteiger partial charge in [0.05, 0.1) is 17.8 Å². The molecule has 0 heterocycles. The van der Waals surface area contributed by atoms with Crippen molar-refractivity contribution < 1.29 is 9.84 Å². The number of rotatable bonds is 8. The zero-order valence-corrected chi connectivity index (χ0v) is 13.0. The third-order valence-electron chi connectivity index (χ3n) is 3.80. The average Bonchev–Trinajstić information content (AvgIpc) is 2.26. The molecule has 0 aliphatic rings. The van der Waals surface area contributed by atoms with Gasteiger partial charge in [0.15, 0.2) is 0 Å². The van der Waals surface area contributed by atoms with E-state index in [2.05, 4.69) is 41.5 Å². The number of ether oxygens (including phenoxy) is 1. The van der Waals surface area contributed by atoms with E-state index in [0.29, 0.717) is 0 Å². The van der Waals surface area contributed by atoms with Crippen molar-refractivity contribution in [3.05, 3.63) is 0 Å². The highest BCUT2D eigenvalue weighted by Crippen LogP contribution is 2.39. The van der Waals surface area contributed by atoms with E-state index in [4.69, 9.17) is 16.3 Å². The molecule has 2 nitrogen and oxygen atoms in total. The van der Waals surface area contributed by atoms with Gasteiger partial charge in [-0.2, -0.15) is 0 Å². The average molecular weight is 265 g/mol. The molecule has 0 aromatic carbocycles. The zero-order chi connectivity index (χ0) is 13.7. The van der Waals surface area contributed by atoms with Gasteiger partial charge in [0.1, 0.15) is 0 Å². The predicted octanol–water partition coefficient (Wildman–Crippen LogP) is 3.99. The molecule has 2 unspecified atom stereocenters. The van der Waals surface area contributed by atoms with Crippen molar-refractivity contribution in [3.63, 3.8) is 0 Å². The molecule has 0 saturated carbocycles. The minimum absolute atomic E-state index is 0.179. The second-order valence-electron chi connectivity index (χ2n) is 5.82. The number of halogens is 1. The monoisotopic (exact) mass is 264 g/mol. The topological polar surface area (TPSA) is 29.5 Å². The van der Waals surface area contributed by atoms with Crippen molar-refractivity contribution >= 4 is 11.6 Å². The van der Waals surface area contributed by atoms with Crippen molar-refractivity contribution in [3.8, 4) is 0 Å². The Hall–Kier alpha value is 0.210. The Bertz CT molecular complexity index is 220. The van der Waals surface area contributed by atoms with Crippen molar-refractivity contribution in [2.24, 2.45) is 5.41 Å². The van der Waals surface area contributed by atoms with Gasteiger partial charge >= 0.3 is 0 Å². The molecule has 0 bridgehead atoms. The molecule has 17 heavy (non-hydrogen) atoms. The molecule has 0 fully saturated rings. The highest BCUT2D eigenvalue weighted by molar-refractivity contribution is 6.18. The Balaban J connectivity index is 4.83. The summed E-state index contributed by atoms with van der Waals surface area (Å²) < 4.78 is 6.02. The van der Waals surface area contributed by atoms with Crippen LogP contribution in [0.2, 0.25) is 0 Å². The number of hydrogen-bond donors (Lipinski definition) is 1. The first-order valence-electron chi connectivity index (χ1n) is 6.65. The normalized spacial score (nSPS) is 21.0. The summed E-state index contributed by atoms with van der Waals surface area (Å²) in [5, 5.41) is 10.1. The Morgan fingerprint density at radius 3 is 2.00 bits per heavy atom. The summed E-state index contributed by atoms with van der Waals surface area (Å²) in [5.41, 5.74) is -0.368. The molecule has 0 amide bonds. The maximum Gasteiger partial charge on any atom is 0.0729 e. The van der Waals surface area contributed by atoms with E-state index in [-0.39, 0.29) is 23.0 Å². The maximum absolute atomic E-state index is 10.1. The van der Waals surface area contributed by atoms with Gasteiger partial charge in [0, 0.05) is 5.88 Å². The first kappa shape index (κ1) is 17.2. The minimum Gasteiger partial charge on any atom is -0.391 e. The van der Waals surface area contributed by atoms with Crippen LogP contribution in [0, 0.1) is 5.41 Å². The number of alkyl halides is 1. The SMILES string of the molecule is CCC(C)(CC(C)(CC)[C@H](O)CCl)OC(C)C. The molecule has 0 aliphatic carbocycles. The molecule has 3 heteroatoms. The lowest BCUT2D eigenvalue weighted by atomic mass is 9.73. The van der Waals surface area contributed by atoms with Gasteiger partial charge in [-0.15, -0.1) is 11.6 Å². The van der Waals surface area contributed by atoms with E-state index in [1.807, 2.05) is 0 Å². The fraction of sp³-hybridized carbons (Fsp3) is 1.00. The minimum atomic E-state index is -0.476. The van der Waals surface area contributed by atoms with Crippen LogP contribution < -0.4 is 0 Å². The summed E-state index contributed by atoms with van der Waals surface area (Å²) in [6.07, 6.45) is 2.40. The van der Waals surface area contributed by atoms with E-state index in [0.717, 1.165) is 19.3 Å². The fourth-order valence-corrected chi connectivity index (χ4v) is 2.71. The van der Waals surface area contributed by atoms with Crippen LogP contribution in [0.1, 0.15) is 60.8 Å². The fourth-order valence-electron chi connectivity index (χ4n) is 2.34. The Kier molecular flexibility index (Phi) is 7.05. The number of aliphatic hydroxyl groups excluding tert-OH is 1. The molecule has 0 aromatic rings. The van der Waals surface area contributed by atoms with Gasteiger partial charge in [-0.25, -0.2) is 0 Å². The molecule has 0 rings (SSSR count). The molecule has 0 aliphatic heterocycles. The van der Waals surface area contributed by atoms with Gasteiger partial charge in [-0.05, 0) is 45.4 Å². The van der Waals surface area contributed by atoms with E-state index in [1.165, 1.54) is 0 Å². The van der Waals surface area contributed by atoms with Crippen LogP contribution in [0.25, 0.3) is 0 Å². The van der Waals surface area contributed by atoms with Crippen molar-refractivity contribution in [1.29, 1.82) is 0 Å². The number of hydrogen-bond acceptors (Lipinski definition) is 2. The molecule has 3 atom stereocenters. The second kappa shape index (κ2) is 6.96. The Morgan fingerprint density at radius 2 is 1.71 bits per heavy atom. The molecule has 104 valence electrons. The van der Waals surface area contributed by atoms with Crippen LogP contribution in [0.4, 0.5) is 0 Å². The van der Waals surface area contributed by atoms with Gasteiger partial charge in [0.2, 0.25) is 0 Å². The van der Waals surface area contributed by atoms with E-state index in [9.17, 15) is 5.11 Å². The zero-order valence-electron chi connectivity index (χ0n) is 12.2. The standard InChI is InChI=1S/C14H29ClO2/c1-7-13(5,12(16)9-15)10-14(6,8-2)17-11(3)4/h11-12,16H,7-10H2,1-6H3/t12-,13?,14?/m1/s1. The molecular formula is C14H29ClO2. The van der Waals surface area contributed by atoms with Crippen LogP contribution in [-0.4, -0.2) is 28.8 Å². The molecule has 0 radical (unpaired) electrons. The largest absolute Gasteiger partial charge is 0.391 e. The summed E-state index contributed by atoms with van der Waals surface area (Å²) in [7, 11) is 0. The van der Waals surface area contributed by atoms with Gasteiger partial charge < -0.3 is 9.84 Å². The summed E-state index contributed by atoms with van der Waals surface area (Å²) in [6, 6.07) is 0. The van der Waals surface area contributed by atoms with E-state index < -0.39 is 6.10 Å². The lowest BCUT2D eigenvalue weighted by molar-refractivity contribution is -0.111. The highest BCUT2D eigenvalue weighted by Gasteiger charge is 2.39. The quantitative estimate of drug-likeness (QED) is 0.672. The summed E-state index contributed by atoms with van der Waals surface area (Å²) in [6.45, 7) is 12.6. The van der Waals surface area contributed by atoms with Gasteiger partial charge in [0.25, 0.3) is 0 Å². The Labute approximate surface area is 112 Å². The van der Waals surface area contributed by atoms with Crippen LogP contribution in [0.3, 0.4) is 0 Å². The van der Waals surface area contributed by atoms with Crippen LogP contribution in [-0.2, 0) is 4.74 Å². The van der Waals surface area contributed by atoms with E-state index in [1.54, 1.807) is 0 Å². The van der Waals surface area contributed by atoms with Crippen molar-refractivity contribution in [2.75, 3.05) is 5.88 Å². The van der Waals surface area contributed by atoms with Crippen LogP contribution in [0.15, 0.2) is 0 Å². The van der Waals surface area contributed by atoms with E-state index >= 15 is 0 Å². The second-order valence-corrected chi connectivity index (χ2v) is 6.13. The smallest absolute Gasteiger partial charge is 0.0729 e. The lowest BCUT2D eigenvalue weighted by Gasteiger charge is -2.42. The van der Waals surface area contributed by atoms with Gasteiger partial charge in [-0.1, -0.05) is 20.8 Å². The third kappa shape index (κ3) is 5.15. The molecule has 0 aromatic heterocycles. The number of aliphatic hydroxyl groups is 1. The molecule has 1 N–H and O–H groups in total. The van der Waals surface area contributed by atoms with Crippen molar-refractivity contribution in [1.82, 2.24) is 0 Å². The maximum atomic E-state index is 10.1. The van der Waals surface area contributed by atoms with Crippen LogP contribution in [0.5, 0.6) is 0 Å². The van der Waals surface area contributed by atoms with Crippen LogP contribution >= 0.6 is 11.6 Å². The predicted molar refractivity (Wildman–Crippen MR) is 74.7 cm³/mol. The summed E-state index contributed by atoms with van der Waals surface area (Å²) >= 11 is 5.80. The van der Waals surface area contributed by atoms with Crippen molar-refractivity contribution in [2.45, 2.75) is 78.6 Å². The lowest BCUT2D eigenvalue weighted by Crippen LogP contribution is -2.43. The summed E-state index contributed by atoms with van der Waals surface area (Å²) in [5.74, 6) is 0.284. The summed E-state index contributed by atoms with van der Waals surface area (Å²) in [4.78, 5) is 0.